The molecule has 0 amide bonds. The zero-order valence-electron chi connectivity index (χ0n) is 29.3. The van der Waals surface area contributed by atoms with Crippen molar-refractivity contribution in [3.63, 3.8) is 0 Å². The number of phosphoric acid groups is 1. The molecule has 0 aromatic heterocycles. The van der Waals surface area contributed by atoms with E-state index in [0.29, 0.717) is 6.42 Å². The van der Waals surface area contributed by atoms with Crippen molar-refractivity contribution in [1.29, 1.82) is 0 Å². The topological polar surface area (TPSA) is 128 Å². The molecule has 0 heterocycles. The van der Waals surface area contributed by atoms with E-state index in [9.17, 15) is 19.4 Å². The van der Waals surface area contributed by atoms with Crippen LogP contribution < -0.4 is 5.73 Å². The number of phosphoric ester groups is 1. The van der Waals surface area contributed by atoms with E-state index in [1.807, 2.05) is 0 Å². The molecule has 0 aromatic carbocycles. The largest absolute Gasteiger partial charge is 0.472 e. The third-order valence-electron chi connectivity index (χ3n) is 7.76. The Hall–Kier alpha value is -1.28. The van der Waals surface area contributed by atoms with Gasteiger partial charge in [0.2, 0.25) is 0 Å². The Morgan fingerprint density at radius 3 is 1.57 bits per heavy atom. The van der Waals surface area contributed by atoms with Gasteiger partial charge in [-0.05, 0) is 44.9 Å². The first kappa shape index (κ1) is 44.7. The maximum atomic E-state index is 11.8. The minimum Gasteiger partial charge on any atom is -0.463 e. The summed E-state index contributed by atoms with van der Waals surface area (Å²) >= 11 is 0. The highest BCUT2D eigenvalue weighted by Crippen LogP contribution is 2.42. The van der Waals surface area contributed by atoms with Gasteiger partial charge in [0.15, 0.2) is 0 Å². The van der Waals surface area contributed by atoms with Gasteiger partial charge in [-0.15, -0.1) is 0 Å². The molecule has 0 rings (SSSR count). The lowest BCUT2D eigenvalue weighted by Gasteiger charge is -2.15. The Balaban J connectivity index is 3.37. The number of nitrogens with two attached hydrogens (primary N) is 1. The van der Waals surface area contributed by atoms with Gasteiger partial charge in [-0.3, -0.25) is 13.8 Å². The molecule has 46 heavy (non-hydrogen) atoms. The predicted octanol–water partition coefficient (Wildman–Crippen LogP) is 10.0. The number of carbonyl (C=O) groups is 1. The van der Waals surface area contributed by atoms with Crippen LogP contribution in [0.25, 0.3) is 0 Å². The fourth-order valence-corrected chi connectivity index (χ4v) is 5.76. The van der Waals surface area contributed by atoms with Gasteiger partial charge in [-0.2, -0.15) is 0 Å². The number of allylic oxidation sites excluding steroid dienone is 6. The smallest absolute Gasteiger partial charge is 0.463 e. The van der Waals surface area contributed by atoms with Crippen LogP contribution >= 0.6 is 7.82 Å². The highest BCUT2D eigenvalue weighted by Gasteiger charge is 2.22. The van der Waals surface area contributed by atoms with Crippen LogP contribution in [-0.2, 0) is 23.1 Å². The highest BCUT2D eigenvalue weighted by atomic mass is 31.2. The summed E-state index contributed by atoms with van der Waals surface area (Å²) in [6.07, 6.45) is 41.7. The molecule has 0 radical (unpaired) electrons. The quantitative estimate of drug-likeness (QED) is 0.0263. The van der Waals surface area contributed by atoms with Crippen molar-refractivity contribution in [1.82, 2.24) is 0 Å². The Morgan fingerprint density at radius 1 is 0.652 bits per heavy atom. The van der Waals surface area contributed by atoms with Gasteiger partial charge in [-0.25, -0.2) is 4.57 Å². The summed E-state index contributed by atoms with van der Waals surface area (Å²) < 4.78 is 25.7. The SMILES string of the molecule is CCCCCCC/C=C\C/C=C\C/C=C\CCCCCCCCCCCCCCCCC(=O)OCC(O)COP(=O)(O)OCCN. The number of hydrogen-bond acceptors (Lipinski definition) is 7. The van der Waals surface area contributed by atoms with E-state index in [-0.39, 0.29) is 25.7 Å². The van der Waals surface area contributed by atoms with Gasteiger partial charge in [0.05, 0.1) is 13.2 Å². The van der Waals surface area contributed by atoms with Gasteiger partial charge in [0, 0.05) is 13.0 Å². The lowest BCUT2D eigenvalue weighted by atomic mass is 10.0. The summed E-state index contributed by atoms with van der Waals surface area (Å²) in [7, 11) is -4.25. The van der Waals surface area contributed by atoms with Crippen LogP contribution in [0.4, 0.5) is 0 Å². The van der Waals surface area contributed by atoms with Crippen molar-refractivity contribution < 1.29 is 33.1 Å². The lowest BCUT2D eigenvalue weighted by molar-refractivity contribution is -0.147. The van der Waals surface area contributed by atoms with Crippen LogP contribution in [-0.4, -0.2) is 48.4 Å². The van der Waals surface area contributed by atoms with Gasteiger partial charge >= 0.3 is 13.8 Å². The molecule has 4 N–H and O–H groups in total. The normalized spacial score (nSPS) is 14.1. The van der Waals surface area contributed by atoms with E-state index < -0.39 is 20.5 Å². The summed E-state index contributed by atoms with van der Waals surface area (Å²) in [6, 6.07) is 0. The Morgan fingerprint density at radius 2 is 1.09 bits per heavy atom. The van der Waals surface area contributed by atoms with E-state index in [0.717, 1.165) is 32.1 Å². The molecule has 0 saturated heterocycles. The maximum absolute atomic E-state index is 11.8. The second-order valence-corrected chi connectivity index (χ2v) is 13.8. The van der Waals surface area contributed by atoms with Crippen molar-refractivity contribution in [2.45, 2.75) is 167 Å². The van der Waals surface area contributed by atoms with Crippen molar-refractivity contribution in [2.24, 2.45) is 5.73 Å². The molecule has 9 heteroatoms. The molecule has 0 fully saturated rings. The van der Waals surface area contributed by atoms with E-state index in [2.05, 4.69) is 52.4 Å². The first-order chi connectivity index (χ1) is 22.4. The lowest BCUT2D eigenvalue weighted by Crippen LogP contribution is -2.23. The number of hydrogen-bond donors (Lipinski definition) is 3. The molecule has 0 saturated carbocycles. The molecule has 0 aliphatic carbocycles. The van der Waals surface area contributed by atoms with Gasteiger partial charge in [-0.1, -0.05) is 146 Å². The fraction of sp³-hybridized carbons (Fsp3) is 0.811. The van der Waals surface area contributed by atoms with Crippen molar-refractivity contribution in [2.75, 3.05) is 26.4 Å². The monoisotopic (exact) mass is 671 g/mol. The summed E-state index contributed by atoms with van der Waals surface area (Å²) in [5, 5.41) is 9.75. The first-order valence-corrected chi connectivity index (χ1v) is 20.0. The molecule has 0 aliphatic heterocycles. The molecule has 270 valence electrons. The van der Waals surface area contributed by atoms with Gasteiger partial charge < -0.3 is 20.5 Å². The van der Waals surface area contributed by atoms with E-state index in [1.165, 1.54) is 116 Å². The number of rotatable bonds is 35. The Bertz CT molecular complexity index is 803. The maximum Gasteiger partial charge on any atom is 0.472 e. The van der Waals surface area contributed by atoms with Crippen molar-refractivity contribution in [3.8, 4) is 0 Å². The van der Waals surface area contributed by atoms with Gasteiger partial charge in [0.25, 0.3) is 0 Å². The molecular formula is C37H70NO7P. The van der Waals surface area contributed by atoms with E-state index >= 15 is 0 Å². The van der Waals surface area contributed by atoms with E-state index in [4.69, 9.17) is 10.5 Å². The molecule has 0 aliphatic rings. The zero-order valence-corrected chi connectivity index (χ0v) is 30.2. The molecular weight excluding hydrogens is 601 g/mol. The molecule has 0 aromatic rings. The van der Waals surface area contributed by atoms with Crippen LogP contribution in [0.1, 0.15) is 161 Å². The van der Waals surface area contributed by atoms with Crippen molar-refractivity contribution >= 4 is 13.8 Å². The number of esters is 1. The fourth-order valence-electron chi connectivity index (χ4n) is 4.99. The standard InChI is InChI=1S/C37H70NO7P/c1-2-3-4-5-6-7-8-9-10-11-12-13-14-15-16-17-18-19-20-21-22-23-24-25-26-27-28-29-30-31-37(40)43-34-36(39)35-45-46(41,42)44-33-32-38/h8-9,11-12,14-15,36,39H,2-7,10,13,16-35,38H2,1H3,(H,41,42)/b9-8-,12-11-,15-14-. The number of unbranched alkanes of at least 4 members (excludes halogenated alkanes) is 19. The molecule has 0 spiro atoms. The predicted molar refractivity (Wildman–Crippen MR) is 192 cm³/mol. The minimum atomic E-state index is -4.25. The second kappa shape index (κ2) is 35.0. The molecule has 2 unspecified atom stereocenters. The minimum absolute atomic E-state index is 0.0739. The third-order valence-corrected chi connectivity index (χ3v) is 8.74. The summed E-state index contributed by atoms with van der Waals surface area (Å²) in [5.74, 6) is -0.386. The number of aliphatic hydroxyl groups excluding tert-OH is 1. The number of aliphatic hydroxyl groups is 1. The van der Waals surface area contributed by atoms with Crippen LogP contribution in [0.3, 0.4) is 0 Å². The molecule has 0 bridgehead atoms. The second-order valence-electron chi connectivity index (χ2n) is 12.3. The number of ether oxygens (including phenoxy) is 1. The van der Waals surface area contributed by atoms with E-state index in [1.54, 1.807) is 0 Å². The molecule has 2 atom stereocenters. The first-order valence-electron chi connectivity index (χ1n) is 18.5. The van der Waals surface area contributed by atoms with Crippen LogP contribution in [0, 0.1) is 0 Å². The highest BCUT2D eigenvalue weighted by molar-refractivity contribution is 7.47. The molecule has 8 nitrogen and oxygen atoms in total. The summed E-state index contributed by atoms with van der Waals surface area (Å²) in [5.41, 5.74) is 5.19. The number of carbonyl (C=O) groups excluding carboxylic acids is 1. The van der Waals surface area contributed by atoms with Gasteiger partial charge in [0.1, 0.15) is 12.7 Å². The van der Waals surface area contributed by atoms with Crippen LogP contribution in [0.15, 0.2) is 36.5 Å². The average Bonchev–Trinajstić information content (AvgIpc) is 3.04. The van der Waals surface area contributed by atoms with Crippen molar-refractivity contribution in [3.05, 3.63) is 36.5 Å². The average molecular weight is 672 g/mol. The van der Waals surface area contributed by atoms with Crippen LogP contribution in [0.5, 0.6) is 0 Å². The zero-order chi connectivity index (χ0) is 33.8. The third kappa shape index (κ3) is 35.6. The summed E-state index contributed by atoms with van der Waals surface area (Å²) in [4.78, 5) is 21.2. The Labute approximate surface area is 282 Å². The summed E-state index contributed by atoms with van der Waals surface area (Å²) in [6.45, 7) is 1.45. The van der Waals surface area contributed by atoms with Crippen LogP contribution in [0.2, 0.25) is 0 Å². The Kier molecular flexibility index (Phi) is 34.1.